The summed E-state index contributed by atoms with van der Waals surface area (Å²) in [6.07, 6.45) is 3.92. The van der Waals surface area contributed by atoms with Crippen molar-refractivity contribution in [2.75, 3.05) is 13.1 Å². The van der Waals surface area contributed by atoms with E-state index in [1.165, 1.54) is 5.56 Å². The molecule has 0 spiro atoms. The summed E-state index contributed by atoms with van der Waals surface area (Å²) in [5.74, 6) is 2.95. The molecule has 0 fully saturated rings. The number of guanidine groups is 1. The zero-order chi connectivity index (χ0) is 20.0. The van der Waals surface area contributed by atoms with E-state index in [9.17, 15) is 0 Å². The molecule has 1 aliphatic heterocycles. The number of rotatable bonds is 7. The van der Waals surface area contributed by atoms with Crippen LogP contribution in [0.25, 0.3) is 0 Å². The van der Waals surface area contributed by atoms with Crippen LogP contribution in [0.1, 0.15) is 51.3 Å². The lowest BCUT2D eigenvalue weighted by Gasteiger charge is -2.27. The van der Waals surface area contributed by atoms with Gasteiger partial charge in [0, 0.05) is 32.0 Å². The minimum absolute atomic E-state index is 0.103. The second kappa shape index (κ2) is 9.22. The molecule has 3 rings (SSSR count). The molecule has 2 aromatic rings. The van der Waals surface area contributed by atoms with Gasteiger partial charge >= 0.3 is 0 Å². The highest BCUT2D eigenvalue weighted by atomic mass is 15.4. The highest BCUT2D eigenvalue weighted by molar-refractivity contribution is 5.80. The third-order valence-corrected chi connectivity index (χ3v) is 5.09. The van der Waals surface area contributed by atoms with E-state index in [4.69, 9.17) is 4.99 Å². The molecule has 0 amide bonds. The van der Waals surface area contributed by atoms with E-state index < -0.39 is 0 Å². The fraction of sp³-hybridized carbons (Fsp3) is 0.591. The maximum Gasteiger partial charge on any atom is 0.191 e. The predicted molar refractivity (Wildman–Crippen MR) is 115 cm³/mol. The number of aromatic nitrogens is 3. The summed E-state index contributed by atoms with van der Waals surface area (Å²) >= 11 is 0. The second-order valence-electron chi connectivity index (χ2n) is 8.38. The molecular weight excluding hydrogens is 348 g/mol. The van der Waals surface area contributed by atoms with Gasteiger partial charge in [0.1, 0.15) is 5.82 Å². The van der Waals surface area contributed by atoms with Crippen molar-refractivity contribution in [3.8, 4) is 0 Å². The van der Waals surface area contributed by atoms with E-state index in [0.717, 1.165) is 62.9 Å². The molecule has 6 heteroatoms. The molecule has 0 radical (unpaired) electrons. The first-order chi connectivity index (χ1) is 13.5. The van der Waals surface area contributed by atoms with E-state index >= 15 is 0 Å². The summed E-state index contributed by atoms with van der Waals surface area (Å²) < 4.78 is 2.06. The Morgan fingerprint density at radius 1 is 1.25 bits per heavy atom. The molecule has 6 nitrogen and oxygen atoms in total. The van der Waals surface area contributed by atoms with Crippen molar-refractivity contribution in [3.63, 3.8) is 0 Å². The number of benzene rings is 1. The third kappa shape index (κ3) is 5.57. The number of aliphatic imine (C=N–C) groups is 1. The number of fused-ring (bicyclic) bond motifs is 1. The van der Waals surface area contributed by atoms with Crippen LogP contribution in [-0.4, -0.2) is 39.9 Å². The van der Waals surface area contributed by atoms with Gasteiger partial charge in [0.05, 0.1) is 6.54 Å². The Labute approximate surface area is 168 Å². The van der Waals surface area contributed by atoms with Crippen LogP contribution in [0, 0.1) is 5.41 Å². The van der Waals surface area contributed by atoms with Crippen LogP contribution in [0.4, 0.5) is 0 Å². The molecule has 0 saturated carbocycles. The monoisotopic (exact) mass is 382 g/mol. The fourth-order valence-corrected chi connectivity index (χ4v) is 3.64. The molecule has 1 aromatic heterocycles. The smallest absolute Gasteiger partial charge is 0.191 e. The Hall–Kier alpha value is -2.37. The Bertz CT molecular complexity index is 778. The molecule has 2 N–H and O–H groups in total. The van der Waals surface area contributed by atoms with Crippen molar-refractivity contribution < 1.29 is 0 Å². The van der Waals surface area contributed by atoms with Gasteiger partial charge in [-0.2, -0.15) is 5.10 Å². The molecular formula is C22H34N6. The molecule has 28 heavy (non-hydrogen) atoms. The van der Waals surface area contributed by atoms with Crippen molar-refractivity contribution in [1.82, 2.24) is 25.4 Å². The summed E-state index contributed by atoms with van der Waals surface area (Å²) in [5, 5.41) is 11.6. The lowest BCUT2D eigenvalue weighted by Crippen LogP contribution is -2.47. The molecule has 1 aliphatic rings. The van der Waals surface area contributed by atoms with Crippen LogP contribution in [0.3, 0.4) is 0 Å². The zero-order valence-corrected chi connectivity index (χ0v) is 17.7. The highest BCUT2D eigenvalue weighted by Crippen LogP contribution is 2.22. The van der Waals surface area contributed by atoms with Gasteiger partial charge in [0.2, 0.25) is 0 Å². The van der Waals surface area contributed by atoms with Crippen LogP contribution in [-0.2, 0) is 25.8 Å². The zero-order valence-electron chi connectivity index (χ0n) is 17.7. The molecule has 1 aromatic carbocycles. The first-order valence-electron chi connectivity index (χ1n) is 10.5. The highest BCUT2D eigenvalue weighted by Gasteiger charge is 2.23. The van der Waals surface area contributed by atoms with Crippen molar-refractivity contribution in [2.24, 2.45) is 10.4 Å². The summed E-state index contributed by atoms with van der Waals surface area (Å²) in [6, 6.07) is 11.0. The topological polar surface area (TPSA) is 67.1 Å². The first-order valence-corrected chi connectivity index (χ1v) is 10.5. The normalized spacial score (nSPS) is 17.3. The van der Waals surface area contributed by atoms with E-state index in [0.29, 0.717) is 6.04 Å². The molecule has 1 unspecified atom stereocenters. The van der Waals surface area contributed by atoms with Gasteiger partial charge in [0.15, 0.2) is 11.8 Å². The van der Waals surface area contributed by atoms with Crippen LogP contribution >= 0.6 is 0 Å². The molecule has 152 valence electrons. The molecule has 0 bridgehead atoms. The van der Waals surface area contributed by atoms with Gasteiger partial charge < -0.3 is 10.6 Å². The van der Waals surface area contributed by atoms with Crippen LogP contribution in [0.5, 0.6) is 0 Å². The summed E-state index contributed by atoms with van der Waals surface area (Å²) in [5.41, 5.74) is 1.46. The maximum atomic E-state index is 4.90. The number of nitrogens with one attached hydrogen (secondary N) is 2. The predicted octanol–water partition coefficient (Wildman–Crippen LogP) is 2.98. The van der Waals surface area contributed by atoms with Gasteiger partial charge in [-0.15, -0.1) is 0 Å². The number of hydrogen-bond acceptors (Lipinski definition) is 3. The second-order valence-corrected chi connectivity index (χ2v) is 8.38. The minimum Gasteiger partial charge on any atom is -0.357 e. The Morgan fingerprint density at radius 3 is 2.75 bits per heavy atom. The Kier molecular flexibility index (Phi) is 6.70. The summed E-state index contributed by atoms with van der Waals surface area (Å²) in [7, 11) is 0. The molecule has 1 atom stereocenters. The number of nitrogens with zero attached hydrogens (tertiary/aromatic N) is 4. The minimum atomic E-state index is 0.103. The fourth-order valence-electron chi connectivity index (χ4n) is 3.64. The maximum absolute atomic E-state index is 4.90. The van der Waals surface area contributed by atoms with Gasteiger partial charge in [-0.3, -0.25) is 4.99 Å². The molecule has 2 heterocycles. The SMILES string of the molecule is CCNC(=NCC(C)(C)Cc1ccccc1)NC1CCc2nc(CC)nn2C1. The van der Waals surface area contributed by atoms with Crippen molar-refractivity contribution in [2.45, 2.75) is 66.0 Å². The lowest BCUT2D eigenvalue weighted by molar-refractivity contribution is 0.371. The Balaban J connectivity index is 1.61. The molecule has 0 aliphatic carbocycles. The Morgan fingerprint density at radius 2 is 2.04 bits per heavy atom. The van der Waals surface area contributed by atoms with E-state index in [2.05, 4.69) is 83.4 Å². The quantitative estimate of drug-likeness (QED) is 0.571. The molecule has 0 saturated heterocycles. The van der Waals surface area contributed by atoms with Gasteiger partial charge in [-0.25, -0.2) is 9.67 Å². The lowest BCUT2D eigenvalue weighted by atomic mass is 9.86. The summed E-state index contributed by atoms with van der Waals surface area (Å²) in [6.45, 7) is 11.2. The van der Waals surface area contributed by atoms with Crippen LogP contribution in [0.15, 0.2) is 35.3 Å². The first kappa shape index (κ1) is 20.4. The van der Waals surface area contributed by atoms with Gasteiger partial charge in [-0.05, 0) is 30.7 Å². The van der Waals surface area contributed by atoms with E-state index in [1.54, 1.807) is 0 Å². The largest absolute Gasteiger partial charge is 0.357 e. The summed E-state index contributed by atoms with van der Waals surface area (Å²) in [4.78, 5) is 9.51. The van der Waals surface area contributed by atoms with Crippen LogP contribution in [0.2, 0.25) is 0 Å². The third-order valence-electron chi connectivity index (χ3n) is 5.09. The van der Waals surface area contributed by atoms with Crippen molar-refractivity contribution >= 4 is 5.96 Å². The van der Waals surface area contributed by atoms with Gasteiger partial charge in [0.25, 0.3) is 0 Å². The van der Waals surface area contributed by atoms with E-state index in [-0.39, 0.29) is 5.41 Å². The van der Waals surface area contributed by atoms with Crippen molar-refractivity contribution in [3.05, 3.63) is 47.5 Å². The standard InChI is InChI=1S/C22H34N6/c1-5-19-26-20-13-12-18(15-28(20)27-19)25-21(23-6-2)24-16-22(3,4)14-17-10-8-7-9-11-17/h7-11,18H,5-6,12-16H2,1-4H3,(H2,23,24,25). The number of aryl methyl sites for hydroxylation is 2. The van der Waals surface area contributed by atoms with Gasteiger partial charge in [-0.1, -0.05) is 51.1 Å². The average molecular weight is 383 g/mol. The van der Waals surface area contributed by atoms with E-state index in [1.807, 2.05) is 0 Å². The number of hydrogen-bond donors (Lipinski definition) is 2. The van der Waals surface area contributed by atoms with Crippen LogP contribution < -0.4 is 10.6 Å². The van der Waals surface area contributed by atoms with Crippen molar-refractivity contribution in [1.29, 1.82) is 0 Å². The average Bonchev–Trinajstić information content (AvgIpc) is 3.09.